The summed E-state index contributed by atoms with van der Waals surface area (Å²) in [5, 5.41) is 2.81. The molecule has 1 N–H and O–H groups in total. The Morgan fingerprint density at radius 3 is 2.34 bits per heavy atom. The van der Waals surface area contributed by atoms with Gasteiger partial charge >= 0.3 is 0 Å². The van der Waals surface area contributed by atoms with Crippen molar-refractivity contribution in [1.29, 1.82) is 0 Å². The molecule has 0 saturated heterocycles. The Kier molecular flexibility index (Phi) is 7.42. The van der Waals surface area contributed by atoms with E-state index in [2.05, 4.69) is 10.3 Å². The predicted octanol–water partition coefficient (Wildman–Crippen LogP) is 4.42. The first-order chi connectivity index (χ1) is 17.0. The van der Waals surface area contributed by atoms with Crippen molar-refractivity contribution in [3.63, 3.8) is 0 Å². The van der Waals surface area contributed by atoms with E-state index in [-0.39, 0.29) is 29.5 Å². The lowest BCUT2D eigenvalue weighted by Gasteiger charge is -2.25. The largest absolute Gasteiger partial charge is 0.497 e. The Balaban J connectivity index is 1.63. The molecule has 0 saturated carbocycles. The number of sulfonamides is 1. The minimum atomic E-state index is -3.99. The average molecular weight is 488 g/mol. The van der Waals surface area contributed by atoms with Gasteiger partial charge in [0.15, 0.2) is 0 Å². The normalized spacial score (nSPS) is 11.0. The summed E-state index contributed by atoms with van der Waals surface area (Å²) >= 11 is 0. The number of anilines is 1. The second-order valence-electron chi connectivity index (χ2n) is 7.77. The van der Waals surface area contributed by atoms with Crippen molar-refractivity contribution in [3.8, 4) is 5.75 Å². The number of ether oxygens (including phenoxy) is 1. The van der Waals surface area contributed by atoms with E-state index in [9.17, 15) is 13.2 Å². The molecule has 0 radical (unpaired) electrons. The molecule has 178 valence electrons. The molecular formula is C27H25N3O4S. The average Bonchev–Trinajstić information content (AvgIpc) is 2.91. The Bertz CT molecular complexity index is 1380. The Labute approximate surface area is 205 Å². The van der Waals surface area contributed by atoms with Crippen LogP contribution in [-0.4, -0.2) is 26.4 Å². The van der Waals surface area contributed by atoms with Gasteiger partial charge in [0.1, 0.15) is 5.75 Å². The minimum absolute atomic E-state index is 0.0262. The number of nitrogens with zero attached hydrogens (tertiary/aromatic N) is 2. The molecule has 4 aromatic rings. The number of benzene rings is 3. The number of amides is 1. The maximum absolute atomic E-state index is 13.8. The third kappa shape index (κ3) is 5.85. The molecule has 0 unspecified atom stereocenters. The monoisotopic (exact) mass is 487 g/mol. The van der Waals surface area contributed by atoms with Crippen LogP contribution < -0.4 is 14.4 Å². The minimum Gasteiger partial charge on any atom is -0.497 e. The summed E-state index contributed by atoms with van der Waals surface area (Å²) < 4.78 is 34.1. The molecular weight excluding hydrogens is 462 g/mol. The van der Waals surface area contributed by atoms with E-state index in [1.807, 2.05) is 36.4 Å². The van der Waals surface area contributed by atoms with Crippen molar-refractivity contribution in [2.45, 2.75) is 18.0 Å². The molecule has 0 fully saturated rings. The highest BCUT2D eigenvalue weighted by atomic mass is 32.2. The molecule has 7 nitrogen and oxygen atoms in total. The number of carbonyl (C=O) groups is 1. The van der Waals surface area contributed by atoms with E-state index < -0.39 is 10.0 Å². The Hall–Kier alpha value is -4.17. The van der Waals surface area contributed by atoms with Crippen LogP contribution in [0, 0.1) is 0 Å². The fraction of sp³-hybridized carbons (Fsp3) is 0.111. The maximum atomic E-state index is 13.8. The highest BCUT2D eigenvalue weighted by Gasteiger charge is 2.26. The first kappa shape index (κ1) is 24.0. The van der Waals surface area contributed by atoms with Crippen LogP contribution in [0.1, 0.15) is 21.5 Å². The fourth-order valence-corrected chi connectivity index (χ4v) is 5.02. The van der Waals surface area contributed by atoms with E-state index >= 15 is 0 Å². The molecule has 0 bridgehead atoms. The van der Waals surface area contributed by atoms with E-state index in [0.717, 1.165) is 11.1 Å². The van der Waals surface area contributed by atoms with Crippen molar-refractivity contribution in [2.24, 2.45) is 0 Å². The summed E-state index contributed by atoms with van der Waals surface area (Å²) in [4.78, 5) is 16.8. The van der Waals surface area contributed by atoms with Crippen LogP contribution in [0.3, 0.4) is 0 Å². The molecule has 1 heterocycles. The predicted molar refractivity (Wildman–Crippen MR) is 135 cm³/mol. The summed E-state index contributed by atoms with van der Waals surface area (Å²) in [7, 11) is -2.44. The van der Waals surface area contributed by atoms with Crippen molar-refractivity contribution < 1.29 is 17.9 Å². The summed E-state index contributed by atoms with van der Waals surface area (Å²) in [6.07, 6.45) is 3.32. The molecule has 1 aromatic heterocycles. The summed E-state index contributed by atoms with van der Waals surface area (Å²) in [5.41, 5.74) is 2.42. The van der Waals surface area contributed by atoms with Gasteiger partial charge in [0.05, 0.1) is 24.2 Å². The second-order valence-corrected chi connectivity index (χ2v) is 9.63. The molecule has 8 heteroatoms. The maximum Gasteiger partial charge on any atom is 0.264 e. The number of hydrogen-bond donors (Lipinski definition) is 1. The van der Waals surface area contributed by atoms with Gasteiger partial charge in [0.25, 0.3) is 15.9 Å². The van der Waals surface area contributed by atoms with Gasteiger partial charge in [-0.2, -0.15) is 0 Å². The summed E-state index contributed by atoms with van der Waals surface area (Å²) in [6, 6.07) is 25.9. The lowest BCUT2D eigenvalue weighted by molar-refractivity contribution is 0.0950. The number of rotatable bonds is 9. The molecule has 0 aliphatic carbocycles. The Morgan fingerprint density at radius 1 is 0.914 bits per heavy atom. The number of carbonyl (C=O) groups excluding carboxylic acids is 1. The highest BCUT2D eigenvalue weighted by Crippen LogP contribution is 2.28. The summed E-state index contributed by atoms with van der Waals surface area (Å²) in [5.74, 6) is 0.253. The first-order valence-corrected chi connectivity index (χ1v) is 12.4. The van der Waals surface area contributed by atoms with Crippen molar-refractivity contribution in [2.75, 3.05) is 11.4 Å². The van der Waals surface area contributed by atoms with Gasteiger partial charge in [0.2, 0.25) is 0 Å². The van der Waals surface area contributed by atoms with Gasteiger partial charge in [-0.15, -0.1) is 0 Å². The molecule has 35 heavy (non-hydrogen) atoms. The number of methoxy groups -OCH3 is 1. The lowest BCUT2D eigenvalue weighted by Crippen LogP contribution is -2.31. The van der Waals surface area contributed by atoms with E-state index in [4.69, 9.17) is 4.74 Å². The fourth-order valence-electron chi connectivity index (χ4n) is 3.52. The zero-order chi connectivity index (χ0) is 24.7. The third-order valence-electron chi connectivity index (χ3n) is 5.39. The van der Waals surface area contributed by atoms with Gasteiger partial charge in [-0.25, -0.2) is 8.42 Å². The van der Waals surface area contributed by atoms with E-state index in [0.29, 0.717) is 11.4 Å². The molecule has 4 rings (SSSR count). The third-order valence-corrected chi connectivity index (χ3v) is 7.16. The summed E-state index contributed by atoms with van der Waals surface area (Å²) in [6.45, 7) is 0.419. The lowest BCUT2D eigenvalue weighted by atomic mass is 10.2. The van der Waals surface area contributed by atoms with Crippen LogP contribution in [0.5, 0.6) is 5.75 Å². The van der Waals surface area contributed by atoms with Gasteiger partial charge in [-0.05, 0) is 59.7 Å². The van der Waals surface area contributed by atoms with Crippen LogP contribution in [0.4, 0.5) is 5.69 Å². The quantitative estimate of drug-likeness (QED) is 0.378. The van der Waals surface area contributed by atoms with Crippen molar-refractivity contribution in [1.82, 2.24) is 10.3 Å². The SMILES string of the molecule is COc1ccc(N(Cc2ccccc2)S(=O)(=O)c2cccc(C(=O)NCc3cccnc3)c2)cc1. The number of nitrogens with one attached hydrogen (secondary N) is 1. The molecule has 0 aliphatic heterocycles. The van der Waals surface area contributed by atoms with Crippen LogP contribution >= 0.6 is 0 Å². The van der Waals surface area contributed by atoms with E-state index in [1.54, 1.807) is 62.0 Å². The van der Waals surface area contributed by atoms with Crippen LogP contribution in [0.25, 0.3) is 0 Å². The van der Waals surface area contributed by atoms with Crippen LogP contribution in [0.2, 0.25) is 0 Å². The molecule has 0 atom stereocenters. The van der Waals surface area contributed by atoms with Crippen molar-refractivity contribution >= 4 is 21.6 Å². The van der Waals surface area contributed by atoms with Crippen LogP contribution in [0.15, 0.2) is 108 Å². The van der Waals surface area contributed by atoms with Gasteiger partial charge in [0, 0.05) is 24.5 Å². The molecule has 1 amide bonds. The highest BCUT2D eigenvalue weighted by molar-refractivity contribution is 7.92. The number of hydrogen-bond acceptors (Lipinski definition) is 5. The smallest absolute Gasteiger partial charge is 0.264 e. The van der Waals surface area contributed by atoms with Gasteiger partial charge in [-0.3, -0.25) is 14.1 Å². The molecule has 0 spiro atoms. The zero-order valence-electron chi connectivity index (χ0n) is 19.2. The van der Waals surface area contributed by atoms with Crippen LogP contribution in [-0.2, 0) is 23.1 Å². The second kappa shape index (κ2) is 10.8. The standard InChI is InChI=1S/C27H25N3O4S/c1-34-25-14-12-24(13-15-25)30(20-21-7-3-2-4-8-21)35(32,33)26-11-5-10-23(17-26)27(31)29-19-22-9-6-16-28-18-22/h2-18H,19-20H2,1H3,(H,29,31). The first-order valence-electron chi connectivity index (χ1n) is 11.0. The van der Waals surface area contributed by atoms with E-state index in [1.165, 1.54) is 16.4 Å². The molecule has 3 aromatic carbocycles. The molecule has 0 aliphatic rings. The topological polar surface area (TPSA) is 88.6 Å². The van der Waals surface area contributed by atoms with Crippen molar-refractivity contribution in [3.05, 3.63) is 120 Å². The van der Waals surface area contributed by atoms with Gasteiger partial charge in [-0.1, -0.05) is 42.5 Å². The number of aromatic nitrogens is 1. The van der Waals surface area contributed by atoms with Gasteiger partial charge < -0.3 is 10.1 Å². The Morgan fingerprint density at radius 2 is 1.66 bits per heavy atom. The number of pyridine rings is 1. The zero-order valence-corrected chi connectivity index (χ0v) is 20.0.